The zero-order valence-corrected chi connectivity index (χ0v) is 20.3. The number of nitrogens with zero attached hydrogens (tertiary/aromatic N) is 3. The number of amides is 1. The molecule has 1 amide bonds. The average Bonchev–Trinajstić information content (AvgIpc) is 3.38. The molecule has 1 saturated heterocycles. The van der Waals surface area contributed by atoms with Gasteiger partial charge in [0.1, 0.15) is 6.07 Å². The third-order valence-electron chi connectivity index (χ3n) is 6.50. The predicted molar refractivity (Wildman–Crippen MR) is 133 cm³/mol. The fourth-order valence-electron chi connectivity index (χ4n) is 4.69. The molecule has 1 aliphatic carbocycles. The molecule has 0 radical (unpaired) electrons. The second-order valence-electron chi connectivity index (χ2n) is 8.65. The van der Waals surface area contributed by atoms with Gasteiger partial charge in [-0.2, -0.15) is 9.60 Å². The number of hydrogen-bond donors (Lipinski definition) is 2. The molecule has 2 aliphatic rings. The van der Waals surface area contributed by atoms with Crippen molar-refractivity contribution in [3.63, 3.8) is 0 Å². The monoisotopic (exact) mass is 481 g/mol. The Hall–Kier alpha value is -2.64. The molecular formula is C25H31N5O3S. The number of nitrogens with one attached hydrogen (secondary N) is 2. The molecule has 1 aromatic heterocycles. The number of benzene rings is 1. The van der Waals surface area contributed by atoms with E-state index in [1.165, 1.54) is 42.9 Å². The Morgan fingerprint density at radius 3 is 2.91 bits per heavy atom. The maximum Gasteiger partial charge on any atom is 0.291 e. The molecule has 1 fully saturated rings. The number of carbonyl (C=O) groups excluding carboxylic acids is 1. The number of H-pyrrole nitrogens is 1. The summed E-state index contributed by atoms with van der Waals surface area (Å²) in [4.78, 5) is 26.7. The highest BCUT2D eigenvalue weighted by Gasteiger charge is 2.23. The third kappa shape index (κ3) is 6.27. The highest BCUT2D eigenvalue weighted by atomic mass is 32.2. The van der Waals surface area contributed by atoms with E-state index in [4.69, 9.17) is 9.60 Å². The van der Waals surface area contributed by atoms with E-state index in [1.54, 1.807) is 0 Å². The summed E-state index contributed by atoms with van der Waals surface area (Å²) in [5, 5.41) is 12.0. The average molecular weight is 482 g/mol. The molecule has 34 heavy (non-hydrogen) atoms. The first-order chi connectivity index (χ1) is 16.7. The van der Waals surface area contributed by atoms with Gasteiger partial charge in [-0.15, -0.1) is 0 Å². The van der Waals surface area contributed by atoms with E-state index in [-0.39, 0.29) is 17.4 Å². The Morgan fingerprint density at radius 2 is 2.21 bits per heavy atom. The minimum atomic E-state index is -0.337. The maximum absolute atomic E-state index is 12.8. The van der Waals surface area contributed by atoms with Gasteiger partial charge in [-0.3, -0.25) is 4.79 Å². The summed E-state index contributed by atoms with van der Waals surface area (Å²) in [6.07, 6.45) is 10.4. The molecule has 4 rings (SSSR count). The second-order valence-corrected chi connectivity index (χ2v) is 9.43. The fourth-order valence-corrected chi connectivity index (χ4v) is 5.19. The summed E-state index contributed by atoms with van der Waals surface area (Å²) in [7, 11) is 1.52. The summed E-state index contributed by atoms with van der Waals surface area (Å²) in [5.41, 5.74) is 4.73. The molecule has 9 heteroatoms. The number of hydrogen-bond acceptors (Lipinski definition) is 7. The van der Waals surface area contributed by atoms with Gasteiger partial charge in [-0.1, -0.05) is 12.1 Å². The topological polar surface area (TPSA) is 103 Å². The third-order valence-corrected chi connectivity index (χ3v) is 7.08. The van der Waals surface area contributed by atoms with Crippen molar-refractivity contribution in [3.05, 3.63) is 53.1 Å². The van der Waals surface area contributed by atoms with Crippen LogP contribution in [0.1, 0.15) is 71.9 Å². The molecule has 0 atom stereocenters. The summed E-state index contributed by atoms with van der Waals surface area (Å²) in [6, 6.07) is 8.39. The van der Waals surface area contributed by atoms with Crippen molar-refractivity contribution in [3.8, 4) is 6.07 Å². The van der Waals surface area contributed by atoms with Gasteiger partial charge in [-0.05, 0) is 80.8 Å². The molecule has 1 aromatic carbocycles. The molecule has 2 aromatic rings. The molecule has 1 aliphatic heterocycles. The summed E-state index contributed by atoms with van der Waals surface area (Å²) < 4.78 is 4.89. The van der Waals surface area contributed by atoms with E-state index in [1.807, 2.05) is 12.1 Å². The van der Waals surface area contributed by atoms with Gasteiger partial charge in [0.25, 0.3) is 5.91 Å². The van der Waals surface area contributed by atoms with Gasteiger partial charge in [0.15, 0.2) is 11.5 Å². The lowest BCUT2D eigenvalue weighted by atomic mass is 9.85. The number of allylic oxidation sites excluding steroid dienone is 2. The van der Waals surface area contributed by atoms with Crippen LogP contribution < -0.4 is 5.32 Å². The lowest BCUT2D eigenvalue weighted by Gasteiger charge is -2.32. The standard InChI is InChI=1S/C25H31N5O3S/c1-32-33-34-14-13-30-11-9-18(10-12-30)20-7-8-23(22(15-20)19-5-3-2-4-6-19)29-25(31)24-27-17-21(16-26)28-24/h5,7-8,15,17-18H,2-4,6,9-14H2,1H3,(H,27,28)(H,29,31). The summed E-state index contributed by atoms with van der Waals surface area (Å²) in [5.74, 6) is 1.20. The minimum absolute atomic E-state index is 0.144. The van der Waals surface area contributed by atoms with Crippen molar-refractivity contribution in [2.45, 2.75) is 44.4 Å². The summed E-state index contributed by atoms with van der Waals surface area (Å²) >= 11 is 1.34. The van der Waals surface area contributed by atoms with Gasteiger partial charge in [-0.25, -0.2) is 9.87 Å². The Kier molecular flexibility index (Phi) is 8.77. The van der Waals surface area contributed by atoms with Crippen molar-refractivity contribution in [2.24, 2.45) is 0 Å². The number of rotatable bonds is 9. The number of anilines is 1. The normalized spacial score (nSPS) is 17.2. The van der Waals surface area contributed by atoms with Crippen molar-refractivity contribution in [1.29, 1.82) is 5.26 Å². The van der Waals surface area contributed by atoms with Crippen LogP contribution in [0.5, 0.6) is 0 Å². The van der Waals surface area contributed by atoms with E-state index in [2.05, 4.69) is 43.3 Å². The van der Waals surface area contributed by atoms with Gasteiger partial charge < -0.3 is 15.2 Å². The first kappa shape index (κ1) is 24.5. The number of carbonyl (C=O) groups is 1. The van der Waals surface area contributed by atoms with Crippen LogP contribution in [0.2, 0.25) is 0 Å². The maximum atomic E-state index is 12.8. The molecule has 0 unspecified atom stereocenters. The summed E-state index contributed by atoms with van der Waals surface area (Å²) in [6.45, 7) is 3.12. The second kappa shape index (κ2) is 12.2. The predicted octanol–water partition coefficient (Wildman–Crippen LogP) is 4.90. The first-order valence-electron chi connectivity index (χ1n) is 11.8. The number of aromatic amines is 1. The number of likely N-dealkylation sites (tertiary alicyclic amines) is 1. The number of nitriles is 1. The Labute approximate surface area is 204 Å². The Balaban J connectivity index is 1.47. The highest BCUT2D eigenvalue weighted by molar-refractivity contribution is 7.94. The van der Waals surface area contributed by atoms with E-state index in [9.17, 15) is 4.79 Å². The van der Waals surface area contributed by atoms with Crippen LogP contribution in [-0.2, 0) is 9.22 Å². The number of imidazole rings is 1. The highest BCUT2D eigenvalue weighted by Crippen LogP contribution is 2.36. The molecule has 0 saturated carbocycles. The molecule has 2 N–H and O–H groups in total. The van der Waals surface area contributed by atoms with Crippen molar-refractivity contribution >= 4 is 29.2 Å². The van der Waals surface area contributed by atoms with Gasteiger partial charge in [0.2, 0.25) is 0 Å². The van der Waals surface area contributed by atoms with E-state index in [0.717, 1.165) is 68.7 Å². The lowest BCUT2D eigenvalue weighted by Crippen LogP contribution is -2.34. The van der Waals surface area contributed by atoms with Crippen LogP contribution in [0.3, 0.4) is 0 Å². The van der Waals surface area contributed by atoms with Crippen LogP contribution in [0.4, 0.5) is 5.69 Å². The van der Waals surface area contributed by atoms with Crippen molar-refractivity contribution < 1.29 is 14.0 Å². The quantitative estimate of drug-likeness (QED) is 0.227. The Morgan fingerprint density at radius 1 is 1.35 bits per heavy atom. The van der Waals surface area contributed by atoms with E-state index < -0.39 is 0 Å². The molecule has 180 valence electrons. The van der Waals surface area contributed by atoms with E-state index >= 15 is 0 Å². The molecule has 0 spiro atoms. The van der Waals surface area contributed by atoms with Crippen molar-refractivity contribution in [1.82, 2.24) is 14.9 Å². The fraction of sp³-hybridized carbons (Fsp3) is 0.480. The molecule has 0 bridgehead atoms. The zero-order valence-electron chi connectivity index (χ0n) is 19.5. The molecule has 8 nitrogen and oxygen atoms in total. The van der Waals surface area contributed by atoms with Gasteiger partial charge >= 0.3 is 0 Å². The van der Waals surface area contributed by atoms with Crippen LogP contribution in [0.25, 0.3) is 5.57 Å². The van der Waals surface area contributed by atoms with Crippen LogP contribution in [0, 0.1) is 11.3 Å². The SMILES string of the molecule is COOSCCN1CCC(c2ccc(NC(=O)c3nc(C#N)c[nH]3)c(C3=CCCCC3)c2)CC1. The largest absolute Gasteiger partial charge is 0.339 e. The first-order valence-corrected chi connectivity index (χ1v) is 12.7. The molecular weight excluding hydrogens is 450 g/mol. The van der Waals surface area contributed by atoms with Crippen molar-refractivity contribution in [2.75, 3.05) is 37.8 Å². The lowest BCUT2D eigenvalue weighted by molar-refractivity contribution is -0.160. The number of aromatic nitrogens is 2. The van der Waals surface area contributed by atoms with Gasteiger partial charge in [0, 0.05) is 41.8 Å². The van der Waals surface area contributed by atoms with E-state index in [0.29, 0.717) is 5.92 Å². The molecule has 2 heterocycles. The minimum Gasteiger partial charge on any atom is -0.339 e. The zero-order chi connectivity index (χ0) is 23.8. The Bertz CT molecular complexity index is 1050. The number of piperidine rings is 1. The smallest absolute Gasteiger partial charge is 0.291 e. The van der Waals surface area contributed by atoms with Gasteiger partial charge in [0.05, 0.1) is 7.11 Å². The van der Waals surface area contributed by atoms with Crippen LogP contribution in [-0.4, -0.2) is 53.3 Å². The van der Waals surface area contributed by atoms with Crippen LogP contribution >= 0.6 is 12.0 Å². The van der Waals surface area contributed by atoms with Crippen LogP contribution in [0.15, 0.2) is 30.5 Å².